The van der Waals surface area contributed by atoms with Gasteiger partial charge in [0.05, 0.1) is 6.54 Å². The van der Waals surface area contributed by atoms with Gasteiger partial charge in [-0.1, -0.05) is 29.8 Å². The molecule has 2 heterocycles. The maximum absolute atomic E-state index is 13.2. The molecule has 2 aromatic carbocycles. The number of aryl methyl sites for hydroxylation is 1. The summed E-state index contributed by atoms with van der Waals surface area (Å²) in [6, 6.07) is 18.1. The molecule has 0 N–H and O–H groups in total. The molecule has 5 heteroatoms. The summed E-state index contributed by atoms with van der Waals surface area (Å²) in [5.41, 5.74) is 4.22. The van der Waals surface area contributed by atoms with Gasteiger partial charge >= 0.3 is 0 Å². The van der Waals surface area contributed by atoms with Gasteiger partial charge in [0.2, 0.25) is 6.79 Å². The molecule has 0 aliphatic carbocycles. The molecule has 150 valence electrons. The standard InChI is InChI=1S/C24H26N2O3/c1-17(2)26(24(27)20-9-10-22-23(13-20)29-16-28-22)15-21-8-5-11-25(21)14-19-7-4-6-18(3)12-19/h4-13,17H,14-16H2,1-3H3. The van der Waals surface area contributed by atoms with Crippen LogP contribution in [-0.2, 0) is 13.1 Å². The van der Waals surface area contributed by atoms with Crippen LogP contribution in [0.15, 0.2) is 60.8 Å². The lowest BCUT2D eigenvalue weighted by atomic mass is 10.1. The van der Waals surface area contributed by atoms with Crippen molar-refractivity contribution in [1.82, 2.24) is 9.47 Å². The smallest absolute Gasteiger partial charge is 0.254 e. The summed E-state index contributed by atoms with van der Waals surface area (Å²) in [6.45, 7) is 7.72. The van der Waals surface area contributed by atoms with Crippen LogP contribution in [0.25, 0.3) is 0 Å². The van der Waals surface area contributed by atoms with E-state index >= 15 is 0 Å². The second kappa shape index (κ2) is 8.03. The second-order valence-electron chi connectivity index (χ2n) is 7.71. The van der Waals surface area contributed by atoms with E-state index in [1.165, 1.54) is 11.1 Å². The molecule has 0 spiro atoms. The summed E-state index contributed by atoms with van der Waals surface area (Å²) in [6.07, 6.45) is 2.07. The minimum atomic E-state index is -0.0124. The van der Waals surface area contributed by atoms with Gasteiger partial charge in [0.15, 0.2) is 11.5 Å². The first-order valence-corrected chi connectivity index (χ1v) is 9.91. The summed E-state index contributed by atoms with van der Waals surface area (Å²) < 4.78 is 13.0. The number of nitrogens with zero attached hydrogens (tertiary/aromatic N) is 2. The molecular formula is C24H26N2O3. The average Bonchev–Trinajstić information content (AvgIpc) is 3.34. The second-order valence-corrected chi connectivity index (χ2v) is 7.71. The van der Waals surface area contributed by atoms with Crippen LogP contribution in [0.5, 0.6) is 11.5 Å². The highest BCUT2D eigenvalue weighted by atomic mass is 16.7. The Balaban J connectivity index is 1.55. The Morgan fingerprint density at radius 1 is 1.07 bits per heavy atom. The number of carbonyl (C=O) groups excluding carboxylic acids is 1. The first kappa shape index (κ1) is 19.1. The number of carbonyl (C=O) groups is 1. The molecule has 0 saturated carbocycles. The van der Waals surface area contributed by atoms with E-state index in [1.54, 1.807) is 18.2 Å². The molecule has 0 atom stereocenters. The molecule has 5 nitrogen and oxygen atoms in total. The predicted octanol–water partition coefficient (Wildman–Crippen LogP) is 4.62. The van der Waals surface area contributed by atoms with E-state index in [2.05, 4.69) is 48.0 Å². The largest absolute Gasteiger partial charge is 0.454 e. The zero-order valence-corrected chi connectivity index (χ0v) is 17.1. The SMILES string of the molecule is Cc1cccc(Cn2cccc2CN(C(=O)c2ccc3c(c2)OCO3)C(C)C)c1. The molecule has 29 heavy (non-hydrogen) atoms. The number of amides is 1. The monoisotopic (exact) mass is 390 g/mol. The molecule has 1 aliphatic heterocycles. The third kappa shape index (κ3) is 4.14. The highest BCUT2D eigenvalue weighted by molar-refractivity contribution is 5.95. The fraction of sp³-hybridized carbons (Fsp3) is 0.292. The molecule has 1 aliphatic rings. The van der Waals surface area contributed by atoms with Crippen LogP contribution in [0.1, 0.15) is 41.0 Å². The minimum absolute atomic E-state index is 0.0124. The van der Waals surface area contributed by atoms with E-state index in [9.17, 15) is 4.79 Å². The number of ether oxygens (including phenoxy) is 2. The van der Waals surface area contributed by atoms with Gasteiger partial charge in [-0.2, -0.15) is 0 Å². The number of aromatic nitrogens is 1. The van der Waals surface area contributed by atoms with Crippen molar-refractivity contribution in [3.05, 3.63) is 83.2 Å². The number of hydrogen-bond donors (Lipinski definition) is 0. The highest BCUT2D eigenvalue weighted by Gasteiger charge is 2.23. The van der Waals surface area contributed by atoms with E-state index in [-0.39, 0.29) is 18.7 Å². The summed E-state index contributed by atoms with van der Waals surface area (Å²) in [4.78, 5) is 15.1. The van der Waals surface area contributed by atoms with Crippen molar-refractivity contribution in [1.29, 1.82) is 0 Å². The molecule has 3 aromatic rings. The van der Waals surface area contributed by atoms with Crippen LogP contribution in [0.4, 0.5) is 0 Å². The molecule has 4 rings (SSSR count). The summed E-state index contributed by atoms with van der Waals surface area (Å²) in [5.74, 6) is 1.30. The minimum Gasteiger partial charge on any atom is -0.454 e. The number of fused-ring (bicyclic) bond motifs is 1. The van der Waals surface area contributed by atoms with Crippen LogP contribution >= 0.6 is 0 Å². The van der Waals surface area contributed by atoms with Crippen LogP contribution < -0.4 is 9.47 Å². The maximum Gasteiger partial charge on any atom is 0.254 e. The molecule has 1 amide bonds. The first-order valence-electron chi connectivity index (χ1n) is 9.91. The summed E-state index contributed by atoms with van der Waals surface area (Å²) in [7, 11) is 0. The van der Waals surface area contributed by atoms with Crippen LogP contribution in [0, 0.1) is 6.92 Å². The van der Waals surface area contributed by atoms with Crippen LogP contribution in [0.2, 0.25) is 0 Å². The van der Waals surface area contributed by atoms with Crippen molar-refractivity contribution < 1.29 is 14.3 Å². The summed E-state index contributed by atoms with van der Waals surface area (Å²) in [5, 5.41) is 0. The molecule has 0 radical (unpaired) electrons. The quantitative estimate of drug-likeness (QED) is 0.617. The maximum atomic E-state index is 13.2. The lowest BCUT2D eigenvalue weighted by Crippen LogP contribution is -2.37. The van der Waals surface area contributed by atoms with Crippen molar-refractivity contribution in [2.75, 3.05) is 6.79 Å². The molecule has 0 unspecified atom stereocenters. The fourth-order valence-electron chi connectivity index (χ4n) is 3.61. The van der Waals surface area contributed by atoms with E-state index in [0.717, 1.165) is 12.2 Å². The Labute approximate surface area is 171 Å². The lowest BCUT2D eigenvalue weighted by Gasteiger charge is -2.27. The zero-order chi connectivity index (χ0) is 20.4. The third-order valence-electron chi connectivity index (χ3n) is 5.20. The van der Waals surface area contributed by atoms with Gasteiger partial charge in [-0.25, -0.2) is 0 Å². The Morgan fingerprint density at radius 3 is 2.69 bits per heavy atom. The average molecular weight is 390 g/mol. The Bertz CT molecular complexity index is 1020. The normalized spacial score (nSPS) is 12.4. The number of rotatable bonds is 6. The van der Waals surface area contributed by atoms with Gasteiger partial charge in [0.25, 0.3) is 5.91 Å². The van der Waals surface area contributed by atoms with Gasteiger partial charge in [0.1, 0.15) is 0 Å². The molecular weight excluding hydrogens is 364 g/mol. The van der Waals surface area contributed by atoms with Crippen molar-refractivity contribution in [3.63, 3.8) is 0 Å². The molecule has 0 saturated heterocycles. The molecule has 0 fully saturated rings. The topological polar surface area (TPSA) is 43.7 Å². The van der Waals surface area contributed by atoms with E-state index < -0.39 is 0 Å². The first-order chi connectivity index (χ1) is 14.0. The highest BCUT2D eigenvalue weighted by Crippen LogP contribution is 2.33. The van der Waals surface area contributed by atoms with Crippen molar-refractivity contribution in [2.45, 2.75) is 39.9 Å². The fourth-order valence-corrected chi connectivity index (χ4v) is 3.61. The molecule has 0 bridgehead atoms. The zero-order valence-electron chi connectivity index (χ0n) is 17.1. The third-order valence-corrected chi connectivity index (χ3v) is 5.20. The Kier molecular flexibility index (Phi) is 5.30. The predicted molar refractivity (Wildman–Crippen MR) is 112 cm³/mol. The van der Waals surface area contributed by atoms with Gasteiger partial charge in [-0.15, -0.1) is 0 Å². The number of hydrogen-bond acceptors (Lipinski definition) is 3. The molecule has 1 aromatic heterocycles. The van der Waals surface area contributed by atoms with Crippen LogP contribution in [-0.4, -0.2) is 28.2 Å². The van der Waals surface area contributed by atoms with E-state index in [4.69, 9.17) is 9.47 Å². The van der Waals surface area contributed by atoms with Crippen molar-refractivity contribution in [2.24, 2.45) is 0 Å². The lowest BCUT2D eigenvalue weighted by molar-refractivity contribution is 0.0685. The van der Waals surface area contributed by atoms with Crippen molar-refractivity contribution >= 4 is 5.91 Å². The van der Waals surface area contributed by atoms with E-state index in [0.29, 0.717) is 23.6 Å². The van der Waals surface area contributed by atoms with Gasteiger partial charge < -0.3 is 18.9 Å². The Hall–Kier alpha value is -3.21. The van der Waals surface area contributed by atoms with Crippen LogP contribution in [0.3, 0.4) is 0 Å². The van der Waals surface area contributed by atoms with Gasteiger partial charge in [0, 0.05) is 30.0 Å². The van der Waals surface area contributed by atoms with Gasteiger partial charge in [-0.05, 0) is 56.7 Å². The van der Waals surface area contributed by atoms with Crippen molar-refractivity contribution in [3.8, 4) is 11.5 Å². The van der Waals surface area contributed by atoms with Gasteiger partial charge in [-0.3, -0.25) is 4.79 Å². The van der Waals surface area contributed by atoms with E-state index in [1.807, 2.05) is 24.8 Å². The Morgan fingerprint density at radius 2 is 1.90 bits per heavy atom. The number of benzene rings is 2. The summed E-state index contributed by atoms with van der Waals surface area (Å²) >= 11 is 0.